The van der Waals surface area contributed by atoms with Gasteiger partial charge in [-0.25, -0.2) is 9.59 Å². The molecule has 0 saturated carbocycles. The van der Waals surface area contributed by atoms with E-state index in [1.165, 1.54) is 0 Å². The molecule has 0 unspecified atom stereocenters. The number of hydrogen-bond acceptors (Lipinski definition) is 6. The van der Waals surface area contributed by atoms with Crippen molar-refractivity contribution in [3.05, 3.63) is 71.8 Å². The summed E-state index contributed by atoms with van der Waals surface area (Å²) >= 11 is 0. The van der Waals surface area contributed by atoms with Crippen LogP contribution in [0.4, 0.5) is 4.79 Å². The van der Waals surface area contributed by atoms with E-state index in [0.29, 0.717) is 0 Å². The van der Waals surface area contributed by atoms with Crippen molar-refractivity contribution in [1.29, 1.82) is 0 Å². The summed E-state index contributed by atoms with van der Waals surface area (Å²) in [5, 5.41) is 7.31. The van der Waals surface area contributed by atoms with E-state index in [0.717, 1.165) is 11.1 Å². The molecule has 0 saturated heterocycles. The molecule has 0 aliphatic carbocycles. The number of carbonyl (C=O) groups is 4. The number of nitrogens with one attached hydrogen (secondary N) is 3. The van der Waals surface area contributed by atoms with Gasteiger partial charge >= 0.3 is 12.1 Å². The molecule has 2 aromatic rings. The Balaban J connectivity index is 1.87. The van der Waals surface area contributed by atoms with Gasteiger partial charge < -0.3 is 25.4 Å². The number of alkyl carbamates (subject to hydrolysis) is 1. The van der Waals surface area contributed by atoms with Crippen LogP contribution in [0, 0.1) is 0 Å². The molecule has 9 heteroatoms. The van der Waals surface area contributed by atoms with Gasteiger partial charge in [0.05, 0.1) is 6.54 Å². The zero-order valence-electron chi connectivity index (χ0n) is 19.6. The molecule has 0 aliphatic rings. The van der Waals surface area contributed by atoms with Crippen molar-refractivity contribution in [2.45, 2.75) is 45.4 Å². The fraction of sp³-hybridized carbons (Fsp3) is 0.360. The highest BCUT2D eigenvalue weighted by atomic mass is 16.6. The fourth-order valence-electron chi connectivity index (χ4n) is 2.83. The smallest absolute Gasteiger partial charge is 0.408 e. The minimum Gasteiger partial charge on any atom is -0.459 e. The second-order valence-electron chi connectivity index (χ2n) is 8.54. The molecular formula is C25H31N3O6. The Morgan fingerprint density at radius 1 is 0.794 bits per heavy atom. The third kappa shape index (κ3) is 10.6. The lowest BCUT2D eigenvalue weighted by Gasteiger charge is -2.19. The Kier molecular flexibility index (Phi) is 10.1. The van der Waals surface area contributed by atoms with Crippen molar-refractivity contribution >= 4 is 23.9 Å². The number of ether oxygens (including phenoxy) is 2. The first kappa shape index (κ1) is 26.4. The lowest BCUT2D eigenvalue weighted by Crippen LogP contribution is -2.48. The van der Waals surface area contributed by atoms with Crippen molar-refractivity contribution in [2.24, 2.45) is 0 Å². The summed E-state index contributed by atoms with van der Waals surface area (Å²) in [5.74, 6) is -1.73. The molecule has 0 aromatic heterocycles. The number of hydrogen-bond donors (Lipinski definition) is 3. The van der Waals surface area contributed by atoms with Crippen LogP contribution in [0.2, 0.25) is 0 Å². The van der Waals surface area contributed by atoms with E-state index in [1.807, 2.05) is 60.7 Å². The van der Waals surface area contributed by atoms with Gasteiger partial charge in [-0.2, -0.15) is 0 Å². The molecule has 3 N–H and O–H groups in total. The molecule has 34 heavy (non-hydrogen) atoms. The summed E-state index contributed by atoms with van der Waals surface area (Å²) in [6, 6.07) is 17.5. The van der Waals surface area contributed by atoms with Gasteiger partial charge in [0, 0.05) is 6.42 Å². The van der Waals surface area contributed by atoms with Crippen LogP contribution < -0.4 is 16.0 Å². The highest BCUT2D eigenvalue weighted by Crippen LogP contribution is 2.08. The molecule has 0 spiro atoms. The van der Waals surface area contributed by atoms with E-state index >= 15 is 0 Å². The Hall–Kier alpha value is -3.88. The van der Waals surface area contributed by atoms with Crippen LogP contribution in [0.25, 0.3) is 0 Å². The first-order valence-corrected chi connectivity index (χ1v) is 10.9. The van der Waals surface area contributed by atoms with Crippen molar-refractivity contribution in [1.82, 2.24) is 16.0 Å². The van der Waals surface area contributed by atoms with Gasteiger partial charge in [0.15, 0.2) is 0 Å². The van der Waals surface area contributed by atoms with E-state index in [2.05, 4.69) is 16.0 Å². The Bertz CT molecular complexity index is 958. The third-order valence-electron chi connectivity index (χ3n) is 4.36. The minimum atomic E-state index is -0.935. The highest BCUT2D eigenvalue weighted by Gasteiger charge is 2.23. The topological polar surface area (TPSA) is 123 Å². The second kappa shape index (κ2) is 13.0. The Morgan fingerprint density at radius 3 is 1.94 bits per heavy atom. The van der Waals surface area contributed by atoms with E-state index in [4.69, 9.17) is 9.47 Å². The average molecular weight is 470 g/mol. The van der Waals surface area contributed by atoms with Gasteiger partial charge in [-0.3, -0.25) is 9.59 Å². The van der Waals surface area contributed by atoms with Crippen LogP contribution in [0.15, 0.2) is 60.7 Å². The van der Waals surface area contributed by atoms with E-state index in [9.17, 15) is 19.2 Å². The normalized spacial score (nSPS) is 11.6. The minimum absolute atomic E-state index is 0.0773. The molecule has 0 heterocycles. The number of rotatable bonds is 10. The van der Waals surface area contributed by atoms with Crippen molar-refractivity contribution < 1.29 is 28.7 Å². The summed E-state index contributed by atoms with van der Waals surface area (Å²) < 4.78 is 10.4. The molecule has 9 nitrogen and oxygen atoms in total. The maximum atomic E-state index is 12.7. The molecule has 2 rings (SSSR count). The summed E-state index contributed by atoms with van der Waals surface area (Å²) in [6.45, 7) is 4.46. The molecule has 0 radical (unpaired) electrons. The maximum absolute atomic E-state index is 12.7. The van der Waals surface area contributed by atoms with Crippen molar-refractivity contribution in [3.63, 3.8) is 0 Å². The Morgan fingerprint density at radius 2 is 1.35 bits per heavy atom. The van der Waals surface area contributed by atoms with Crippen molar-refractivity contribution in [3.8, 4) is 0 Å². The molecule has 182 valence electrons. The van der Waals surface area contributed by atoms with Crippen LogP contribution in [-0.4, -0.2) is 48.6 Å². The van der Waals surface area contributed by atoms with Gasteiger partial charge in [0.25, 0.3) is 0 Å². The highest BCUT2D eigenvalue weighted by molar-refractivity contribution is 5.89. The number of benzene rings is 2. The number of amides is 3. The number of carbonyl (C=O) groups excluding carboxylic acids is 4. The predicted octanol–water partition coefficient (Wildman–Crippen LogP) is 2.10. The van der Waals surface area contributed by atoms with Gasteiger partial charge in [-0.1, -0.05) is 60.7 Å². The standard InChI is InChI=1S/C25H31N3O6/c1-25(2,3)34-24(32)27-15-21(29)26-16-22(30)28-20(14-18-10-6-4-7-11-18)23(31)33-17-19-12-8-5-9-13-19/h4-13,20H,14-17H2,1-3H3,(H,26,29)(H,27,32)(H,28,30)/t20-/m0/s1. The first-order chi connectivity index (χ1) is 16.1. The largest absolute Gasteiger partial charge is 0.459 e. The molecule has 3 amide bonds. The third-order valence-corrected chi connectivity index (χ3v) is 4.36. The molecule has 0 fully saturated rings. The Labute approximate surface area is 199 Å². The second-order valence-corrected chi connectivity index (χ2v) is 8.54. The lowest BCUT2D eigenvalue weighted by molar-refractivity contribution is -0.149. The summed E-state index contributed by atoms with van der Waals surface area (Å²) in [4.78, 5) is 48.7. The van der Waals surface area contributed by atoms with Crippen LogP contribution in [-0.2, 0) is 36.9 Å². The van der Waals surface area contributed by atoms with Gasteiger partial charge in [-0.05, 0) is 31.9 Å². The fourth-order valence-corrected chi connectivity index (χ4v) is 2.83. The summed E-state index contributed by atoms with van der Waals surface area (Å²) in [5.41, 5.74) is 0.976. The van der Waals surface area contributed by atoms with Gasteiger partial charge in [0.1, 0.15) is 24.8 Å². The molecule has 2 aromatic carbocycles. The van der Waals surface area contributed by atoms with Crippen LogP contribution >= 0.6 is 0 Å². The first-order valence-electron chi connectivity index (χ1n) is 10.9. The SMILES string of the molecule is CC(C)(C)OC(=O)NCC(=O)NCC(=O)N[C@@H](Cc1ccccc1)C(=O)OCc1ccccc1. The van der Waals surface area contributed by atoms with Gasteiger partial charge in [-0.15, -0.1) is 0 Å². The van der Waals surface area contributed by atoms with Crippen LogP contribution in [0.1, 0.15) is 31.9 Å². The molecule has 0 aliphatic heterocycles. The van der Waals surface area contributed by atoms with Crippen LogP contribution in [0.3, 0.4) is 0 Å². The summed E-state index contributed by atoms with van der Waals surface area (Å²) in [6.07, 6.45) is -0.509. The van der Waals surface area contributed by atoms with Gasteiger partial charge in [0.2, 0.25) is 11.8 Å². The molecular weight excluding hydrogens is 438 g/mol. The lowest BCUT2D eigenvalue weighted by atomic mass is 10.1. The molecule has 0 bridgehead atoms. The van der Waals surface area contributed by atoms with Crippen molar-refractivity contribution in [2.75, 3.05) is 13.1 Å². The van der Waals surface area contributed by atoms with E-state index in [1.54, 1.807) is 20.8 Å². The predicted molar refractivity (Wildman–Crippen MR) is 126 cm³/mol. The average Bonchev–Trinajstić information content (AvgIpc) is 2.79. The zero-order chi connectivity index (χ0) is 25.0. The summed E-state index contributed by atoms with van der Waals surface area (Å²) in [7, 11) is 0. The quantitative estimate of drug-likeness (QED) is 0.458. The number of esters is 1. The van der Waals surface area contributed by atoms with Crippen LogP contribution in [0.5, 0.6) is 0 Å². The monoisotopic (exact) mass is 469 g/mol. The zero-order valence-corrected chi connectivity index (χ0v) is 19.6. The molecule has 1 atom stereocenters. The van der Waals surface area contributed by atoms with E-state index in [-0.39, 0.29) is 26.1 Å². The maximum Gasteiger partial charge on any atom is 0.408 e. The van der Waals surface area contributed by atoms with E-state index < -0.39 is 35.5 Å².